The van der Waals surface area contributed by atoms with Gasteiger partial charge in [-0.25, -0.2) is 4.79 Å². The zero-order chi connectivity index (χ0) is 20.0. The summed E-state index contributed by atoms with van der Waals surface area (Å²) in [5, 5.41) is 15.5. The number of carbonyl (C=O) groups is 2. The first-order valence-electron chi connectivity index (χ1n) is 8.51. The number of ether oxygens (including phenoxy) is 1. The second-order valence-corrected chi connectivity index (χ2v) is 6.35. The third-order valence-corrected chi connectivity index (χ3v) is 4.10. The van der Waals surface area contributed by atoms with Crippen LogP contribution < -0.4 is 15.4 Å². The predicted octanol–water partition coefficient (Wildman–Crippen LogP) is 2.56. The van der Waals surface area contributed by atoms with E-state index in [1.54, 1.807) is 63.7 Å². The van der Waals surface area contributed by atoms with Crippen molar-refractivity contribution in [2.24, 2.45) is 0 Å². The number of carbonyl (C=O) groups excluding carboxylic acids is 2. The van der Waals surface area contributed by atoms with Gasteiger partial charge in [-0.05, 0) is 42.3 Å². The highest BCUT2D eigenvalue weighted by Gasteiger charge is 2.13. The Labute approximate surface area is 158 Å². The van der Waals surface area contributed by atoms with Gasteiger partial charge in [0.15, 0.2) is 0 Å². The van der Waals surface area contributed by atoms with Crippen molar-refractivity contribution >= 4 is 17.6 Å². The van der Waals surface area contributed by atoms with Gasteiger partial charge in [0.05, 0.1) is 13.2 Å². The summed E-state index contributed by atoms with van der Waals surface area (Å²) in [5.41, 5.74) is 2.53. The van der Waals surface area contributed by atoms with Gasteiger partial charge in [0.1, 0.15) is 5.75 Å². The van der Waals surface area contributed by atoms with Crippen LogP contribution in [0.15, 0.2) is 42.5 Å². The highest BCUT2D eigenvalue weighted by molar-refractivity contribution is 5.97. The SMILES string of the molecule is COc1ccc(C(O)CNC(=O)Nc2cc(C(=O)N(C)C)ccc2C)cc1. The molecule has 2 aromatic rings. The molecule has 0 fully saturated rings. The van der Waals surface area contributed by atoms with Gasteiger partial charge in [-0.15, -0.1) is 0 Å². The number of methoxy groups -OCH3 is 1. The predicted molar refractivity (Wildman–Crippen MR) is 104 cm³/mol. The Balaban J connectivity index is 1.96. The number of aryl methyl sites for hydroxylation is 1. The molecule has 0 radical (unpaired) electrons. The van der Waals surface area contributed by atoms with E-state index in [-0.39, 0.29) is 12.5 Å². The molecule has 144 valence electrons. The third-order valence-electron chi connectivity index (χ3n) is 4.10. The van der Waals surface area contributed by atoms with Gasteiger partial charge >= 0.3 is 6.03 Å². The molecular formula is C20H25N3O4. The van der Waals surface area contributed by atoms with Crippen molar-refractivity contribution in [1.82, 2.24) is 10.2 Å². The van der Waals surface area contributed by atoms with Gasteiger partial charge in [0.25, 0.3) is 5.91 Å². The lowest BCUT2D eigenvalue weighted by Crippen LogP contribution is -2.32. The van der Waals surface area contributed by atoms with Crippen molar-refractivity contribution in [2.45, 2.75) is 13.0 Å². The van der Waals surface area contributed by atoms with Crippen LogP contribution in [0.1, 0.15) is 27.6 Å². The number of urea groups is 1. The minimum atomic E-state index is -0.843. The average molecular weight is 371 g/mol. The standard InChI is InChI=1S/C20H25N3O4/c1-13-5-6-15(19(25)23(2)3)11-17(13)22-20(26)21-12-18(24)14-7-9-16(27-4)10-8-14/h5-11,18,24H,12H2,1-4H3,(H2,21,22,26). The van der Waals surface area contributed by atoms with E-state index in [1.165, 1.54) is 4.90 Å². The lowest BCUT2D eigenvalue weighted by molar-refractivity contribution is 0.0827. The molecule has 0 aliphatic carbocycles. The Hall–Kier alpha value is -3.06. The molecule has 0 spiro atoms. The largest absolute Gasteiger partial charge is 0.497 e. The highest BCUT2D eigenvalue weighted by atomic mass is 16.5. The molecule has 3 amide bonds. The topological polar surface area (TPSA) is 90.9 Å². The van der Waals surface area contributed by atoms with Crippen LogP contribution in [0, 0.1) is 6.92 Å². The summed E-state index contributed by atoms with van der Waals surface area (Å²) in [4.78, 5) is 25.7. The number of amides is 3. The van der Waals surface area contributed by atoms with Gasteiger partial charge in [0.2, 0.25) is 0 Å². The molecule has 0 heterocycles. The average Bonchev–Trinajstić information content (AvgIpc) is 2.67. The van der Waals surface area contributed by atoms with E-state index in [9.17, 15) is 14.7 Å². The fourth-order valence-corrected chi connectivity index (χ4v) is 2.45. The van der Waals surface area contributed by atoms with Gasteiger partial charge in [-0.1, -0.05) is 18.2 Å². The van der Waals surface area contributed by atoms with Crippen molar-refractivity contribution in [2.75, 3.05) is 33.1 Å². The quantitative estimate of drug-likeness (QED) is 0.728. The van der Waals surface area contributed by atoms with E-state index in [4.69, 9.17) is 4.74 Å². The Morgan fingerprint density at radius 1 is 1.15 bits per heavy atom. The van der Waals surface area contributed by atoms with Crippen molar-refractivity contribution in [3.8, 4) is 5.75 Å². The molecule has 7 nitrogen and oxygen atoms in total. The number of hydrogen-bond donors (Lipinski definition) is 3. The van der Waals surface area contributed by atoms with E-state index in [0.717, 1.165) is 5.56 Å². The number of benzene rings is 2. The number of aliphatic hydroxyl groups is 1. The number of rotatable bonds is 6. The fraction of sp³-hybridized carbons (Fsp3) is 0.300. The van der Waals surface area contributed by atoms with Crippen LogP contribution in [-0.2, 0) is 0 Å². The Kier molecular flexibility index (Phi) is 6.79. The number of nitrogens with zero attached hydrogens (tertiary/aromatic N) is 1. The van der Waals surface area contributed by atoms with Crippen molar-refractivity contribution in [3.05, 3.63) is 59.2 Å². The van der Waals surface area contributed by atoms with Crippen molar-refractivity contribution in [3.63, 3.8) is 0 Å². The minimum Gasteiger partial charge on any atom is -0.497 e. The minimum absolute atomic E-state index is 0.0491. The van der Waals surface area contributed by atoms with E-state index in [0.29, 0.717) is 22.6 Å². The summed E-state index contributed by atoms with van der Waals surface area (Å²) in [7, 11) is 4.91. The smallest absolute Gasteiger partial charge is 0.319 e. The molecule has 3 N–H and O–H groups in total. The molecule has 0 saturated heterocycles. The normalized spacial score (nSPS) is 11.4. The lowest BCUT2D eigenvalue weighted by Gasteiger charge is -2.15. The highest BCUT2D eigenvalue weighted by Crippen LogP contribution is 2.19. The Morgan fingerprint density at radius 2 is 1.81 bits per heavy atom. The molecular weight excluding hydrogens is 346 g/mol. The third kappa shape index (κ3) is 5.46. The van der Waals surface area contributed by atoms with Crippen LogP contribution in [-0.4, -0.2) is 49.7 Å². The van der Waals surface area contributed by atoms with Crippen LogP contribution in [0.2, 0.25) is 0 Å². The molecule has 1 atom stereocenters. The molecule has 2 aromatic carbocycles. The van der Waals surface area contributed by atoms with Gasteiger partial charge < -0.3 is 25.4 Å². The molecule has 0 aromatic heterocycles. The first-order chi connectivity index (χ1) is 12.8. The second-order valence-electron chi connectivity index (χ2n) is 6.35. The van der Waals surface area contributed by atoms with Gasteiger partial charge in [-0.2, -0.15) is 0 Å². The molecule has 0 aliphatic rings. The number of hydrogen-bond acceptors (Lipinski definition) is 4. The fourth-order valence-electron chi connectivity index (χ4n) is 2.45. The summed E-state index contributed by atoms with van der Waals surface area (Å²) in [5.74, 6) is 0.549. The molecule has 0 saturated carbocycles. The van der Waals surface area contributed by atoms with Crippen LogP contribution in [0.4, 0.5) is 10.5 Å². The van der Waals surface area contributed by atoms with E-state index >= 15 is 0 Å². The molecule has 1 unspecified atom stereocenters. The van der Waals surface area contributed by atoms with E-state index in [1.807, 2.05) is 6.92 Å². The van der Waals surface area contributed by atoms with Crippen LogP contribution in [0.3, 0.4) is 0 Å². The maximum Gasteiger partial charge on any atom is 0.319 e. The van der Waals surface area contributed by atoms with E-state index in [2.05, 4.69) is 10.6 Å². The van der Waals surface area contributed by atoms with Gasteiger partial charge in [-0.3, -0.25) is 4.79 Å². The number of aliphatic hydroxyl groups excluding tert-OH is 1. The summed E-state index contributed by atoms with van der Waals surface area (Å²) in [6, 6.07) is 11.6. The maximum atomic E-state index is 12.2. The molecule has 27 heavy (non-hydrogen) atoms. The first-order valence-corrected chi connectivity index (χ1v) is 8.51. The van der Waals surface area contributed by atoms with Crippen LogP contribution in [0.5, 0.6) is 5.75 Å². The summed E-state index contributed by atoms with van der Waals surface area (Å²) in [6.45, 7) is 1.89. The first kappa shape index (κ1) is 20.3. The summed E-state index contributed by atoms with van der Waals surface area (Å²) >= 11 is 0. The van der Waals surface area contributed by atoms with E-state index < -0.39 is 12.1 Å². The maximum absolute atomic E-state index is 12.2. The van der Waals surface area contributed by atoms with Crippen molar-refractivity contribution < 1.29 is 19.4 Å². The zero-order valence-electron chi connectivity index (χ0n) is 15.9. The monoisotopic (exact) mass is 371 g/mol. The summed E-state index contributed by atoms with van der Waals surface area (Å²) < 4.78 is 5.08. The molecule has 0 aliphatic heterocycles. The second kappa shape index (κ2) is 9.05. The van der Waals surface area contributed by atoms with Crippen LogP contribution >= 0.6 is 0 Å². The Morgan fingerprint density at radius 3 is 2.41 bits per heavy atom. The Bertz CT molecular complexity index is 803. The van der Waals surface area contributed by atoms with Crippen LogP contribution in [0.25, 0.3) is 0 Å². The number of anilines is 1. The number of nitrogens with one attached hydrogen (secondary N) is 2. The van der Waals surface area contributed by atoms with Crippen molar-refractivity contribution in [1.29, 1.82) is 0 Å². The zero-order valence-corrected chi connectivity index (χ0v) is 15.9. The lowest BCUT2D eigenvalue weighted by atomic mass is 10.1. The molecule has 7 heteroatoms. The summed E-state index contributed by atoms with van der Waals surface area (Å²) in [6.07, 6.45) is -0.843. The molecule has 0 bridgehead atoms. The van der Waals surface area contributed by atoms with Gasteiger partial charge in [0, 0.05) is 31.9 Å². The molecule has 2 rings (SSSR count).